The van der Waals surface area contributed by atoms with Gasteiger partial charge in [0.2, 0.25) is 5.91 Å². The number of rotatable bonds is 3. The van der Waals surface area contributed by atoms with Gasteiger partial charge >= 0.3 is 0 Å². The minimum Gasteiger partial charge on any atom is -0.351 e. The molecule has 0 saturated carbocycles. The highest BCUT2D eigenvalue weighted by Crippen LogP contribution is 2.08. The largest absolute Gasteiger partial charge is 0.351 e. The van der Waals surface area contributed by atoms with Crippen molar-refractivity contribution in [3.05, 3.63) is 0 Å². The Morgan fingerprint density at radius 2 is 2.20 bits per heavy atom. The summed E-state index contributed by atoms with van der Waals surface area (Å²) in [6.07, 6.45) is 2.22. The summed E-state index contributed by atoms with van der Waals surface area (Å²) < 4.78 is 0. The molecule has 1 rings (SSSR count). The van der Waals surface area contributed by atoms with Gasteiger partial charge in [0, 0.05) is 12.6 Å². The molecule has 0 bridgehead atoms. The Morgan fingerprint density at radius 1 is 1.53 bits per heavy atom. The fraction of sp³-hybridized carbons (Fsp3) is 0.909. The molecule has 1 unspecified atom stereocenters. The third-order valence-electron chi connectivity index (χ3n) is 2.99. The van der Waals surface area contributed by atoms with E-state index in [4.69, 9.17) is 5.73 Å². The minimum atomic E-state index is -0.378. The van der Waals surface area contributed by atoms with E-state index in [9.17, 15) is 4.79 Å². The lowest BCUT2D eigenvalue weighted by atomic mass is 10.0. The van der Waals surface area contributed by atoms with Gasteiger partial charge in [-0.1, -0.05) is 13.8 Å². The molecular weight excluding hydrogens is 190 g/mol. The van der Waals surface area contributed by atoms with Crippen molar-refractivity contribution in [1.29, 1.82) is 0 Å². The van der Waals surface area contributed by atoms with E-state index in [1.165, 1.54) is 0 Å². The Morgan fingerprint density at radius 3 is 2.73 bits per heavy atom. The molecule has 15 heavy (non-hydrogen) atoms. The molecule has 0 aromatic heterocycles. The number of hydrogen-bond donors (Lipinski definition) is 2. The van der Waals surface area contributed by atoms with Gasteiger partial charge in [-0.05, 0) is 32.4 Å². The van der Waals surface area contributed by atoms with Crippen molar-refractivity contribution >= 4 is 5.91 Å². The molecule has 1 saturated heterocycles. The topological polar surface area (TPSA) is 58.4 Å². The normalized spacial score (nSPS) is 25.3. The highest BCUT2D eigenvalue weighted by atomic mass is 16.2. The van der Waals surface area contributed by atoms with E-state index in [0.29, 0.717) is 0 Å². The Labute approximate surface area is 92.2 Å². The van der Waals surface area contributed by atoms with E-state index < -0.39 is 0 Å². The standard InChI is InChI=1S/C11H23N3O/c1-8(2)10(12)11(15)13-9-5-4-6-14(3)7-9/h8-10H,4-7,12H2,1-3H3,(H,13,15)/t9-,10?/m0/s1. The predicted octanol–water partition coefficient (Wildman–Crippen LogP) is 0.180. The van der Waals surface area contributed by atoms with E-state index in [-0.39, 0.29) is 23.9 Å². The molecular formula is C11H23N3O. The lowest BCUT2D eigenvalue weighted by molar-refractivity contribution is -0.124. The SMILES string of the molecule is CC(C)C(N)C(=O)N[C@H]1CCCN(C)C1. The van der Waals surface area contributed by atoms with Crippen LogP contribution in [-0.2, 0) is 4.79 Å². The molecule has 0 aromatic rings. The Hall–Kier alpha value is -0.610. The molecule has 0 spiro atoms. The van der Waals surface area contributed by atoms with Gasteiger partial charge in [0.25, 0.3) is 0 Å². The smallest absolute Gasteiger partial charge is 0.237 e. The number of amides is 1. The molecule has 2 atom stereocenters. The number of nitrogens with two attached hydrogens (primary N) is 1. The Kier molecular flexibility index (Phi) is 4.54. The molecule has 0 aromatic carbocycles. The number of nitrogens with zero attached hydrogens (tertiary/aromatic N) is 1. The maximum Gasteiger partial charge on any atom is 0.237 e. The predicted molar refractivity (Wildman–Crippen MR) is 61.5 cm³/mol. The van der Waals surface area contributed by atoms with Crippen LogP contribution in [0.15, 0.2) is 0 Å². The monoisotopic (exact) mass is 213 g/mol. The highest BCUT2D eigenvalue weighted by Gasteiger charge is 2.23. The summed E-state index contributed by atoms with van der Waals surface area (Å²) in [7, 11) is 2.08. The van der Waals surface area contributed by atoms with Gasteiger partial charge in [0.05, 0.1) is 6.04 Å². The van der Waals surface area contributed by atoms with Crippen molar-refractivity contribution in [2.45, 2.75) is 38.8 Å². The number of hydrogen-bond acceptors (Lipinski definition) is 3. The maximum atomic E-state index is 11.7. The van der Waals surface area contributed by atoms with Crippen molar-refractivity contribution < 1.29 is 4.79 Å². The van der Waals surface area contributed by atoms with E-state index in [2.05, 4.69) is 17.3 Å². The average molecular weight is 213 g/mol. The Balaban J connectivity index is 2.37. The van der Waals surface area contributed by atoms with Gasteiger partial charge in [-0.15, -0.1) is 0 Å². The first-order valence-corrected chi connectivity index (χ1v) is 5.75. The van der Waals surface area contributed by atoms with Crippen molar-refractivity contribution in [3.63, 3.8) is 0 Å². The van der Waals surface area contributed by atoms with Crippen LogP contribution in [0.3, 0.4) is 0 Å². The van der Waals surface area contributed by atoms with Crippen LogP contribution < -0.4 is 11.1 Å². The summed E-state index contributed by atoms with van der Waals surface area (Å²) in [6, 6.07) is -0.0988. The average Bonchev–Trinajstić information content (AvgIpc) is 2.16. The zero-order chi connectivity index (χ0) is 11.4. The molecule has 1 aliphatic heterocycles. The molecule has 3 N–H and O–H groups in total. The van der Waals surface area contributed by atoms with Gasteiger partial charge in [0.15, 0.2) is 0 Å². The van der Waals surface area contributed by atoms with Crippen LogP contribution in [0.25, 0.3) is 0 Å². The fourth-order valence-electron chi connectivity index (χ4n) is 1.88. The first-order valence-electron chi connectivity index (χ1n) is 5.75. The second kappa shape index (κ2) is 5.47. The summed E-state index contributed by atoms with van der Waals surface area (Å²) in [6.45, 7) is 6.01. The van der Waals surface area contributed by atoms with Crippen LogP contribution in [0.1, 0.15) is 26.7 Å². The molecule has 0 radical (unpaired) electrons. The van der Waals surface area contributed by atoms with Crippen LogP contribution in [0.2, 0.25) is 0 Å². The lowest BCUT2D eigenvalue weighted by Gasteiger charge is -2.31. The molecule has 1 fully saturated rings. The van der Waals surface area contributed by atoms with Gasteiger partial charge in [-0.25, -0.2) is 0 Å². The maximum absolute atomic E-state index is 11.7. The van der Waals surface area contributed by atoms with Crippen LogP contribution >= 0.6 is 0 Å². The lowest BCUT2D eigenvalue weighted by Crippen LogP contribution is -2.52. The number of likely N-dealkylation sites (tertiary alicyclic amines) is 1. The quantitative estimate of drug-likeness (QED) is 0.703. The first kappa shape index (κ1) is 12.5. The van der Waals surface area contributed by atoms with Crippen molar-refractivity contribution in [2.75, 3.05) is 20.1 Å². The first-order chi connectivity index (χ1) is 7.00. The summed E-state index contributed by atoms with van der Waals surface area (Å²) >= 11 is 0. The third-order valence-corrected chi connectivity index (χ3v) is 2.99. The highest BCUT2D eigenvalue weighted by molar-refractivity contribution is 5.82. The zero-order valence-corrected chi connectivity index (χ0v) is 9.99. The minimum absolute atomic E-state index is 0.00898. The van der Waals surface area contributed by atoms with Crippen LogP contribution in [-0.4, -0.2) is 43.0 Å². The fourth-order valence-corrected chi connectivity index (χ4v) is 1.88. The molecule has 1 amide bonds. The second-order valence-corrected chi connectivity index (χ2v) is 4.88. The molecule has 4 heteroatoms. The van der Waals surface area contributed by atoms with Crippen molar-refractivity contribution in [2.24, 2.45) is 11.7 Å². The summed E-state index contributed by atoms with van der Waals surface area (Å²) in [4.78, 5) is 14.0. The second-order valence-electron chi connectivity index (χ2n) is 4.88. The van der Waals surface area contributed by atoms with E-state index >= 15 is 0 Å². The van der Waals surface area contributed by atoms with Crippen molar-refractivity contribution in [1.82, 2.24) is 10.2 Å². The molecule has 4 nitrogen and oxygen atoms in total. The van der Waals surface area contributed by atoms with Gasteiger partial charge < -0.3 is 16.0 Å². The van der Waals surface area contributed by atoms with Gasteiger partial charge in [-0.3, -0.25) is 4.79 Å². The Bertz CT molecular complexity index is 218. The molecule has 88 valence electrons. The summed E-state index contributed by atoms with van der Waals surface area (Å²) in [5, 5.41) is 3.02. The molecule has 1 aliphatic rings. The van der Waals surface area contributed by atoms with E-state index in [0.717, 1.165) is 25.9 Å². The number of carbonyl (C=O) groups is 1. The summed E-state index contributed by atoms with van der Waals surface area (Å²) in [5.41, 5.74) is 5.79. The van der Waals surface area contributed by atoms with E-state index in [1.807, 2.05) is 13.8 Å². The number of piperidine rings is 1. The van der Waals surface area contributed by atoms with Crippen LogP contribution in [0, 0.1) is 5.92 Å². The van der Waals surface area contributed by atoms with Gasteiger partial charge in [0.1, 0.15) is 0 Å². The number of carbonyl (C=O) groups excluding carboxylic acids is 1. The van der Waals surface area contributed by atoms with Crippen molar-refractivity contribution in [3.8, 4) is 0 Å². The number of likely N-dealkylation sites (N-methyl/N-ethyl adjacent to an activating group) is 1. The van der Waals surface area contributed by atoms with Crippen LogP contribution in [0.5, 0.6) is 0 Å². The third kappa shape index (κ3) is 3.80. The van der Waals surface area contributed by atoms with E-state index in [1.54, 1.807) is 0 Å². The van der Waals surface area contributed by atoms with Crippen LogP contribution in [0.4, 0.5) is 0 Å². The number of nitrogens with one attached hydrogen (secondary N) is 1. The summed E-state index contributed by atoms with van der Waals surface area (Å²) in [5.74, 6) is 0.191. The molecule has 1 heterocycles. The van der Waals surface area contributed by atoms with Gasteiger partial charge in [-0.2, -0.15) is 0 Å². The molecule has 0 aliphatic carbocycles. The zero-order valence-electron chi connectivity index (χ0n) is 9.99.